The number of rotatable bonds is 6. The number of nitrogens with zero attached hydrogens (tertiary/aromatic N) is 3. The Morgan fingerprint density at radius 3 is 2.45 bits per heavy atom. The van der Waals surface area contributed by atoms with Crippen LogP contribution in [0, 0.1) is 0 Å². The number of aliphatic imine (C=N–C) groups is 1. The molecule has 2 fully saturated rings. The minimum atomic E-state index is 0. The second kappa shape index (κ2) is 13.1. The Labute approximate surface area is 207 Å². The normalized spacial score (nSPS) is 17.3. The Kier molecular flexibility index (Phi) is 10.9. The number of hydrogen-bond acceptors (Lipinski definition) is 3. The average Bonchev–Trinajstić information content (AvgIpc) is 3.24. The zero-order chi connectivity index (χ0) is 21.3. The van der Waals surface area contributed by atoms with Crippen molar-refractivity contribution in [1.82, 2.24) is 20.4 Å². The van der Waals surface area contributed by atoms with E-state index in [1.807, 2.05) is 29.2 Å². The highest BCUT2D eigenvalue weighted by atomic mass is 127. The number of halogens is 2. The van der Waals surface area contributed by atoms with Crippen molar-refractivity contribution in [3.63, 3.8) is 0 Å². The van der Waals surface area contributed by atoms with Gasteiger partial charge in [-0.3, -0.25) is 14.6 Å². The van der Waals surface area contributed by atoms with Gasteiger partial charge in [0.15, 0.2) is 5.96 Å². The van der Waals surface area contributed by atoms with Crippen LogP contribution in [-0.2, 0) is 16.0 Å². The van der Waals surface area contributed by atoms with Crippen molar-refractivity contribution in [3.05, 3.63) is 34.9 Å². The van der Waals surface area contributed by atoms with E-state index in [-0.39, 0.29) is 35.8 Å². The number of nitrogens with one attached hydrogen (secondary N) is 2. The van der Waals surface area contributed by atoms with Crippen LogP contribution in [0.2, 0.25) is 5.02 Å². The number of carbonyl (C=O) groups excluding carboxylic acids is 2. The summed E-state index contributed by atoms with van der Waals surface area (Å²) in [6.07, 6.45) is 5.42. The average molecular weight is 562 g/mol. The van der Waals surface area contributed by atoms with Crippen molar-refractivity contribution < 1.29 is 9.59 Å². The molecule has 2 amide bonds. The minimum Gasteiger partial charge on any atom is -0.356 e. The van der Waals surface area contributed by atoms with Gasteiger partial charge in [-0.2, -0.15) is 0 Å². The molecule has 1 saturated carbocycles. The van der Waals surface area contributed by atoms with Crippen LogP contribution in [0.3, 0.4) is 0 Å². The highest BCUT2D eigenvalue weighted by Crippen LogP contribution is 2.17. The Morgan fingerprint density at radius 1 is 1.13 bits per heavy atom. The Hall–Kier alpha value is -1.55. The Morgan fingerprint density at radius 2 is 1.81 bits per heavy atom. The summed E-state index contributed by atoms with van der Waals surface area (Å²) in [5, 5.41) is 7.04. The van der Waals surface area contributed by atoms with Crippen LogP contribution in [0.1, 0.15) is 37.7 Å². The maximum atomic E-state index is 12.6. The lowest BCUT2D eigenvalue weighted by molar-refractivity contribution is -0.131. The van der Waals surface area contributed by atoms with Crippen LogP contribution in [0.4, 0.5) is 0 Å². The third kappa shape index (κ3) is 8.14. The summed E-state index contributed by atoms with van der Waals surface area (Å²) >= 11 is 6.01. The van der Waals surface area contributed by atoms with E-state index in [2.05, 4.69) is 20.5 Å². The molecule has 0 unspecified atom stereocenters. The number of guanidine groups is 1. The summed E-state index contributed by atoms with van der Waals surface area (Å²) in [4.78, 5) is 33.0. The first-order valence-electron chi connectivity index (χ1n) is 10.8. The van der Waals surface area contributed by atoms with E-state index in [1.54, 1.807) is 7.05 Å². The highest BCUT2D eigenvalue weighted by molar-refractivity contribution is 14.0. The molecule has 1 aromatic rings. The summed E-state index contributed by atoms with van der Waals surface area (Å²) < 4.78 is 0. The van der Waals surface area contributed by atoms with Crippen molar-refractivity contribution in [2.24, 2.45) is 4.99 Å². The molecule has 1 aliphatic carbocycles. The lowest BCUT2D eigenvalue weighted by atomic mass is 10.1. The van der Waals surface area contributed by atoms with E-state index in [0.29, 0.717) is 43.5 Å². The highest BCUT2D eigenvalue weighted by Gasteiger charge is 2.23. The molecular formula is C22H33ClIN5O2. The first kappa shape index (κ1) is 25.7. The lowest BCUT2D eigenvalue weighted by Gasteiger charge is -2.36. The summed E-state index contributed by atoms with van der Waals surface area (Å²) in [6.45, 7) is 3.30. The van der Waals surface area contributed by atoms with Gasteiger partial charge in [-0.1, -0.05) is 36.6 Å². The van der Waals surface area contributed by atoms with Gasteiger partial charge in [-0.05, 0) is 30.5 Å². The third-order valence-corrected chi connectivity index (χ3v) is 5.98. The molecule has 0 bridgehead atoms. The zero-order valence-electron chi connectivity index (χ0n) is 18.1. The van der Waals surface area contributed by atoms with Crippen molar-refractivity contribution in [2.75, 3.05) is 39.8 Å². The largest absolute Gasteiger partial charge is 0.356 e. The third-order valence-electron chi connectivity index (χ3n) is 5.74. The van der Waals surface area contributed by atoms with Gasteiger partial charge in [0.2, 0.25) is 11.8 Å². The Bertz CT molecular complexity index is 762. The molecule has 7 nitrogen and oxygen atoms in total. The quantitative estimate of drug-likeness (QED) is 0.318. The first-order valence-corrected chi connectivity index (χ1v) is 11.2. The second-order valence-corrected chi connectivity index (χ2v) is 8.38. The molecule has 1 heterocycles. The van der Waals surface area contributed by atoms with Crippen LogP contribution in [0.25, 0.3) is 0 Å². The SMILES string of the molecule is CN=C(NCCC(=O)NC1CCCC1)N1CCN(C(=O)Cc2cccc(Cl)c2)CC1.I. The summed E-state index contributed by atoms with van der Waals surface area (Å²) in [7, 11) is 1.75. The van der Waals surface area contributed by atoms with E-state index in [0.717, 1.165) is 37.5 Å². The van der Waals surface area contributed by atoms with Crippen molar-refractivity contribution in [1.29, 1.82) is 0 Å². The Balaban J connectivity index is 0.00000341. The van der Waals surface area contributed by atoms with Gasteiger partial charge in [0.05, 0.1) is 6.42 Å². The molecule has 1 aromatic carbocycles. The number of carbonyl (C=O) groups is 2. The molecule has 172 valence electrons. The van der Waals surface area contributed by atoms with Crippen LogP contribution >= 0.6 is 35.6 Å². The fourth-order valence-corrected chi connectivity index (χ4v) is 4.30. The van der Waals surface area contributed by atoms with Crippen molar-refractivity contribution in [3.8, 4) is 0 Å². The number of benzene rings is 1. The maximum absolute atomic E-state index is 12.6. The first-order chi connectivity index (χ1) is 14.5. The molecular weight excluding hydrogens is 529 g/mol. The predicted molar refractivity (Wildman–Crippen MR) is 135 cm³/mol. The van der Waals surface area contributed by atoms with Gasteiger partial charge in [0, 0.05) is 57.3 Å². The van der Waals surface area contributed by atoms with Gasteiger partial charge in [-0.15, -0.1) is 24.0 Å². The smallest absolute Gasteiger partial charge is 0.227 e. The monoisotopic (exact) mass is 561 g/mol. The standard InChI is InChI=1S/C22H32ClN5O2.HI/c1-24-22(25-10-9-20(29)26-19-7-2-3-8-19)28-13-11-27(12-14-28)21(30)16-17-5-4-6-18(23)15-17;/h4-6,15,19H,2-3,7-14,16H2,1H3,(H,24,25)(H,26,29);1H. The van der Waals surface area contributed by atoms with Gasteiger partial charge < -0.3 is 20.4 Å². The van der Waals surface area contributed by atoms with Gasteiger partial charge in [-0.25, -0.2) is 0 Å². The fourth-order valence-electron chi connectivity index (χ4n) is 4.09. The summed E-state index contributed by atoms with van der Waals surface area (Å²) in [6, 6.07) is 7.80. The molecule has 0 radical (unpaired) electrons. The molecule has 0 atom stereocenters. The molecule has 0 spiro atoms. The number of amides is 2. The summed E-state index contributed by atoms with van der Waals surface area (Å²) in [5.74, 6) is 0.996. The zero-order valence-corrected chi connectivity index (χ0v) is 21.2. The van der Waals surface area contributed by atoms with E-state index in [1.165, 1.54) is 12.8 Å². The maximum Gasteiger partial charge on any atom is 0.227 e. The van der Waals surface area contributed by atoms with E-state index in [9.17, 15) is 9.59 Å². The van der Waals surface area contributed by atoms with Crippen LogP contribution in [0.15, 0.2) is 29.3 Å². The topological polar surface area (TPSA) is 77.0 Å². The summed E-state index contributed by atoms with van der Waals surface area (Å²) in [5.41, 5.74) is 0.934. The van der Waals surface area contributed by atoms with E-state index in [4.69, 9.17) is 11.6 Å². The molecule has 2 N–H and O–H groups in total. The van der Waals surface area contributed by atoms with E-state index >= 15 is 0 Å². The van der Waals surface area contributed by atoms with Gasteiger partial charge in [0.1, 0.15) is 0 Å². The molecule has 9 heteroatoms. The minimum absolute atomic E-state index is 0. The number of piperazine rings is 1. The van der Waals surface area contributed by atoms with Crippen LogP contribution in [-0.4, -0.2) is 73.4 Å². The van der Waals surface area contributed by atoms with Crippen molar-refractivity contribution >= 4 is 53.4 Å². The molecule has 2 aliphatic rings. The second-order valence-electron chi connectivity index (χ2n) is 7.95. The van der Waals surface area contributed by atoms with Gasteiger partial charge in [0.25, 0.3) is 0 Å². The molecule has 3 rings (SSSR count). The van der Waals surface area contributed by atoms with E-state index < -0.39 is 0 Å². The fraction of sp³-hybridized carbons (Fsp3) is 0.591. The van der Waals surface area contributed by atoms with Crippen molar-refractivity contribution in [2.45, 2.75) is 44.6 Å². The van der Waals surface area contributed by atoms with Crippen LogP contribution in [0.5, 0.6) is 0 Å². The van der Waals surface area contributed by atoms with Crippen LogP contribution < -0.4 is 10.6 Å². The molecule has 1 saturated heterocycles. The lowest BCUT2D eigenvalue weighted by Crippen LogP contribution is -2.54. The number of hydrogen-bond donors (Lipinski definition) is 2. The van der Waals surface area contributed by atoms with Gasteiger partial charge >= 0.3 is 0 Å². The molecule has 0 aromatic heterocycles. The molecule has 1 aliphatic heterocycles. The molecule has 31 heavy (non-hydrogen) atoms. The predicted octanol–water partition coefficient (Wildman–Crippen LogP) is 2.67.